The van der Waals surface area contributed by atoms with Crippen LogP contribution in [-0.2, 0) is 21.2 Å². The summed E-state index contributed by atoms with van der Waals surface area (Å²) in [5.74, 6) is -0.277. The third-order valence-electron chi connectivity index (χ3n) is 2.97. The molecule has 0 saturated carbocycles. The minimum absolute atomic E-state index is 0. The highest BCUT2D eigenvalue weighted by Gasteiger charge is 2.14. The van der Waals surface area contributed by atoms with Gasteiger partial charge in [0, 0.05) is 24.5 Å². The van der Waals surface area contributed by atoms with Crippen LogP contribution >= 0.6 is 12.4 Å². The maximum atomic E-state index is 12.0. The highest BCUT2D eigenvalue weighted by atomic mass is 35.5. The number of anilines is 1. The third-order valence-corrected chi connectivity index (χ3v) is 4.42. The summed E-state index contributed by atoms with van der Waals surface area (Å²) in [7, 11) is -3.63. The molecule has 2 rings (SSSR count). The fourth-order valence-corrected chi connectivity index (χ4v) is 3.05. The van der Waals surface area contributed by atoms with Gasteiger partial charge in [0.1, 0.15) is 0 Å². The number of hydrogen-bond acceptors (Lipinski definition) is 5. The number of nitrogens with zero attached hydrogens (tertiary/aromatic N) is 1. The summed E-state index contributed by atoms with van der Waals surface area (Å²) < 4.78 is 26.4. The van der Waals surface area contributed by atoms with E-state index in [0.717, 1.165) is 5.69 Å². The summed E-state index contributed by atoms with van der Waals surface area (Å²) in [5, 5.41) is 9.40. The number of aryl methyl sites for hydroxylation is 1. The summed E-state index contributed by atoms with van der Waals surface area (Å²) in [5.41, 5.74) is 7.18. The van der Waals surface area contributed by atoms with E-state index in [1.807, 2.05) is 6.92 Å². The van der Waals surface area contributed by atoms with Crippen molar-refractivity contribution in [1.29, 1.82) is 0 Å². The number of H-pyrrole nitrogens is 1. The molecule has 0 radical (unpaired) electrons. The first-order chi connectivity index (χ1) is 10.9. The van der Waals surface area contributed by atoms with Crippen LogP contribution < -0.4 is 15.8 Å². The predicted octanol–water partition coefficient (Wildman–Crippen LogP) is 0.558. The van der Waals surface area contributed by atoms with Gasteiger partial charge < -0.3 is 11.1 Å². The predicted molar refractivity (Wildman–Crippen MR) is 93.6 cm³/mol. The molecule has 0 fully saturated rings. The largest absolute Gasteiger partial charge is 0.329 e. The van der Waals surface area contributed by atoms with Gasteiger partial charge in [-0.1, -0.05) is 6.07 Å². The van der Waals surface area contributed by atoms with Crippen molar-refractivity contribution >= 4 is 34.0 Å². The van der Waals surface area contributed by atoms with Crippen molar-refractivity contribution < 1.29 is 13.2 Å². The second kappa shape index (κ2) is 8.78. The Kier molecular flexibility index (Phi) is 7.36. The van der Waals surface area contributed by atoms with Gasteiger partial charge in [0.2, 0.25) is 15.9 Å². The van der Waals surface area contributed by atoms with Crippen molar-refractivity contribution in [1.82, 2.24) is 14.9 Å². The highest BCUT2D eigenvalue weighted by Crippen LogP contribution is 2.15. The van der Waals surface area contributed by atoms with Crippen LogP contribution in [0.25, 0.3) is 0 Å². The Morgan fingerprint density at radius 3 is 2.71 bits per heavy atom. The fourth-order valence-electron chi connectivity index (χ4n) is 1.95. The summed E-state index contributed by atoms with van der Waals surface area (Å²) in [4.78, 5) is 12.0. The Labute approximate surface area is 146 Å². The Morgan fingerprint density at radius 2 is 2.08 bits per heavy atom. The number of rotatable bonds is 7. The van der Waals surface area contributed by atoms with Crippen LogP contribution in [0.1, 0.15) is 11.4 Å². The summed E-state index contributed by atoms with van der Waals surface area (Å²) >= 11 is 0. The number of aromatic amines is 1. The topological polar surface area (TPSA) is 130 Å². The van der Waals surface area contributed by atoms with Crippen LogP contribution in [0.2, 0.25) is 0 Å². The number of hydrogen-bond donors (Lipinski definition) is 4. The summed E-state index contributed by atoms with van der Waals surface area (Å²) in [6, 6.07) is 7.80. The number of nitrogens with two attached hydrogens (primary N) is 1. The van der Waals surface area contributed by atoms with E-state index in [4.69, 9.17) is 5.73 Å². The van der Waals surface area contributed by atoms with Gasteiger partial charge in [-0.2, -0.15) is 5.10 Å². The van der Waals surface area contributed by atoms with Crippen molar-refractivity contribution in [3.63, 3.8) is 0 Å². The Morgan fingerprint density at radius 1 is 1.33 bits per heavy atom. The molecule has 1 heterocycles. The smallest absolute Gasteiger partial charge is 0.240 e. The Hall–Kier alpha value is -1.94. The molecule has 0 aliphatic heterocycles. The minimum Gasteiger partial charge on any atom is -0.329 e. The first-order valence-electron chi connectivity index (χ1n) is 7.01. The number of amides is 1. The van der Waals surface area contributed by atoms with Crippen molar-refractivity contribution in [3.8, 4) is 0 Å². The normalized spacial score (nSPS) is 10.9. The number of sulfonamides is 1. The maximum absolute atomic E-state index is 12.0. The number of nitrogens with one attached hydrogen (secondary N) is 3. The molecule has 1 amide bonds. The minimum atomic E-state index is -3.63. The molecule has 2 aromatic rings. The van der Waals surface area contributed by atoms with E-state index in [1.54, 1.807) is 18.2 Å². The number of carbonyl (C=O) groups is 1. The van der Waals surface area contributed by atoms with Crippen LogP contribution in [0.5, 0.6) is 0 Å². The zero-order valence-electron chi connectivity index (χ0n) is 13.1. The van der Waals surface area contributed by atoms with Crippen LogP contribution in [0.15, 0.2) is 35.2 Å². The fraction of sp³-hybridized carbons (Fsp3) is 0.286. The van der Waals surface area contributed by atoms with Gasteiger partial charge in [-0.3, -0.25) is 9.89 Å². The molecular formula is C14H20ClN5O3S. The molecule has 0 aliphatic rings. The summed E-state index contributed by atoms with van der Waals surface area (Å²) in [6.45, 7) is 2.20. The molecule has 8 nitrogen and oxygen atoms in total. The lowest BCUT2D eigenvalue weighted by atomic mass is 10.2. The van der Waals surface area contributed by atoms with Gasteiger partial charge in [0.25, 0.3) is 0 Å². The van der Waals surface area contributed by atoms with Gasteiger partial charge >= 0.3 is 0 Å². The van der Waals surface area contributed by atoms with E-state index in [-0.39, 0.29) is 42.7 Å². The van der Waals surface area contributed by atoms with Crippen LogP contribution in [0.4, 0.5) is 5.69 Å². The molecule has 1 aromatic carbocycles. The van der Waals surface area contributed by atoms with Gasteiger partial charge in [0.05, 0.1) is 17.0 Å². The molecule has 0 atom stereocenters. The molecule has 0 aliphatic carbocycles. The molecular weight excluding hydrogens is 354 g/mol. The molecule has 5 N–H and O–H groups in total. The van der Waals surface area contributed by atoms with Crippen molar-refractivity contribution in [2.45, 2.75) is 18.2 Å². The van der Waals surface area contributed by atoms with E-state index in [2.05, 4.69) is 20.2 Å². The second-order valence-electron chi connectivity index (χ2n) is 4.98. The molecule has 0 saturated heterocycles. The molecule has 24 heavy (non-hydrogen) atoms. The third kappa shape index (κ3) is 5.60. The van der Waals surface area contributed by atoms with Crippen molar-refractivity contribution in [3.05, 3.63) is 41.7 Å². The second-order valence-corrected chi connectivity index (χ2v) is 6.75. The number of benzene rings is 1. The van der Waals surface area contributed by atoms with E-state index < -0.39 is 10.0 Å². The van der Waals surface area contributed by atoms with E-state index in [9.17, 15) is 13.2 Å². The standard InChI is InChI=1S/C14H19N5O3S.ClH/c1-10-7-12(19-18-10)9-14(20)17-11-3-2-4-13(8-11)23(21,22)16-6-5-15;/h2-4,7-8,16H,5-6,9,15H2,1H3,(H,17,20)(H,18,19);1H. The molecule has 0 unspecified atom stereocenters. The van der Waals surface area contributed by atoms with Crippen LogP contribution in [-0.4, -0.2) is 37.6 Å². The molecule has 0 spiro atoms. The number of aromatic nitrogens is 2. The molecule has 0 bridgehead atoms. The average molecular weight is 374 g/mol. The molecule has 10 heteroatoms. The quantitative estimate of drug-likeness (QED) is 0.563. The van der Waals surface area contributed by atoms with E-state index in [0.29, 0.717) is 11.4 Å². The monoisotopic (exact) mass is 373 g/mol. The average Bonchev–Trinajstić information content (AvgIpc) is 2.90. The Balaban J connectivity index is 0.00000288. The maximum Gasteiger partial charge on any atom is 0.240 e. The lowest BCUT2D eigenvalue weighted by Crippen LogP contribution is -2.29. The van der Waals surface area contributed by atoms with E-state index >= 15 is 0 Å². The molecule has 1 aromatic heterocycles. The van der Waals surface area contributed by atoms with Gasteiger partial charge in [0.15, 0.2) is 0 Å². The van der Waals surface area contributed by atoms with Crippen molar-refractivity contribution in [2.24, 2.45) is 5.73 Å². The first-order valence-corrected chi connectivity index (χ1v) is 8.49. The van der Waals surface area contributed by atoms with Gasteiger partial charge in [-0.15, -0.1) is 12.4 Å². The molecule has 132 valence electrons. The first kappa shape index (κ1) is 20.1. The van der Waals surface area contributed by atoms with Crippen LogP contribution in [0, 0.1) is 6.92 Å². The zero-order valence-corrected chi connectivity index (χ0v) is 14.7. The van der Waals surface area contributed by atoms with E-state index in [1.165, 1.54) is 12.1 Å². The highest BCUT2D eigenvalue weighted by molar-refractivity contribution is 7.89. The van der Waals surface area contributed by atoms with Crippen molar-refractivity contribution in [2.75, 3.05) is 18.4 Å². The zero-order chi connectivity index (χ0) is 16.9. The lowest BCUT2D eigenvalue weighted by Gasteiger charge is -2.08. The number of halogens is 1. The lowest BCUT2D eigenvalue weighted by molar-refractivity contribution is -0.115. The SMILES string of the molecule is Cc1cc(CC(=O)Nc2cccc(S(=O)(=O)NCCN)c2)n[nH]1.Cl. The Bertz CT molecular complexity index is 791. The van der Waals surface area contributed by atoms with Crippen LogP contribution in [0.3, 0.4) is 0 Å². The van der Waals surface area contributed by atoms with Gasteiger partial charge in [-0.05, 0) is 31.2 Å². The summed E-state index contributed by atoms with van der Waals surface area (Å²) in [6.07, 6.45) is 0.104. The number of carbonyl (C=O) groups excluding carboxylic acids is 1. The van der Waals surface area contributed by atoms with Gasteiger partial charge in [-0.25, -0.2) is 13.1 Å².